The normalized spacial score (nSPS) is 11.2. The third kappa shape index (κ3) is 8.55. The van der Waals surface area contributed by atoms with Gasteiger partial charge in [0.15, 0.2) is 0 Å². The van der Waals surface area contributed by atoms with Crippen molar-refractivity contribution in [2.24, 2.45) is 0 Å². The molecule has 0 saturated carbocycles. The quantitative estimate of drug-likeness (QED) is 0.130. The molecule has 274 valence electrons. The molecule has 0 atom stereocenters. The molecule has 15 heteroatoms. The van der Waals surface area contributed by atoms with Crippen LogP contribution in [-0.4, -0.2) is 73.5 Å². The number of methoxy groups -OCH3 is 1. The molecule has 0 aliphatic carbocycles. The van der Waals surface area contributed by atoms with Crippen LogP contribution in [0.3, 0.4) is 0 Å². The smallest absolute Gasteiger partial charge is 0.337 e. The minimum absolute atomic E-state index is 0.157. The zero-order valence-electron chi connectivity index (χ0n) is 29.3. The van der Waals surface area contributed by atoms with E-state index >= 15 is 8.78 Å². The van der Waals surface area contributed by atoms with E-state index in [1.807, 2.05) is 4.90 Å². The molecule has 3 aromatic carbocycles. The third-order valence-electron chi connectivity index (χ3n) is 8.27. The lowest BCUT2D eigenvalue weighted by Gasteiger charge is -2.18. The van der Waals surface area contributed by atoms with Gasteiger partial charge in [0, 0.05) is 56.3 Å². The number of halogens is 2. The van der Waals surface area contributed by atoms with Gasteiger partial charge in [0.05, 0.1) is 24.2 Å². The fourth-order valence-electron chi connectivity index (χ4n) is 5.60. The Morgan fingerprint density at radius 1 is 0.942 bits per heavy atom. The highest BCUT2D eigenvalue weighted by atomic mass is 32.1. The van der Waals surface area contributed by atoms with Crippen molar-refractivity contribution in [3.63, 3.8) is 0 Å². The standard InChI is InChI=1S/C37H40F2N6O6S/c1-5-41-36(48)42-24-11-9-23(10-12-24)33-28(21-43(3)18-17-31(46)40-2)32-34(47)45(25-13-15-26(16-14-25)51-20-19-50-4)37(49)44(35(32)52-33)22-27-29(38)7-6-8-30(27)39/h6-16H,5,17-22H2,1-4H3,(H,40,46)(H2,41,42,48). The number of hydrogen-bond acceptors (Lipinski definition) is 8. The van der Waals surface area contributed by atoms with Crippen molar-refractivity contribution in [1.82, 2.24) is 24.7 Å². The van der Waals surface area contributed by atoms with Crippen molar-refractivity contribution in [3.05, 3.63) is 110 Å². The molecule has 2 heterocycles. The Bertz CT molecular complexity index is 2150. The molecule has 0 spiro atoms. The largest absolute Gasteiger partial charge is 0.491 e. The lowest BCUT2D eigenvalue weighted by molar-refractivity contribution is -0.120. The fourth-order valence-corrected chi connectivity index (χ4v) is 6.91. The van der Waals surface area contributed by atoms with E-state index in [9.17, 15) is 19.2 Å². The summed E-state index contributed by atoms with van der Waals surface area (Å²) in [5, 5.41) is 8.23. The second-order valence-corrected chi connectivity index (χ2v) is 12.9. The maximum atomic E-state index is 15.1. The zero-order valence-corrected chi connectivity index (χ0v) is 30.1. The highest BCUT2D eigenvalue weighted by Crippen LogP contribution is 2.38. The Hall–Kier alpha value is -5.38. The van der Waals surface area contributed by atoms with Crippen LogP contribution in [0.4, 0.5) is 19.3 Å². The first-order valence-corrected chi connectivity index (χ1v) is 17.4. The van der Waals surface area contributed by atoms with Crippen LogP contribution in [0.15, 0.2) is 76.3 Å². The Morgan fingerprint density at radius 3 is 2.27 bits per heavy atom. The lowest BCUT2D eigenvalue weighted by Crippen LogP contribution is -2.39. The molecule has 0 unspecified atom stereocenters. The van der Waals surface area contributed by atoms with Crippen LogP contribution in [-0.2, 0) is 22.6 Å². The first kappa shape index (κ1) is 37.9. The fraction of sp³-hybridized carbons (Fsp3) is 0.297. The monoisotopic (exact) mass is 734 g/mol. The molecule has 3 N–H and O–H groups in total. The second-order valence-electron chi connectivity index (χ2n) is 11.9. The van der Waals surface area contributed by atoms with Gasteiger partial charge < -0.3 is 30.3 Å². The number of ether oxygens (including phenoxy) is 2. The van der Waals surface area contributed by atoms with Gasteiger partial charge in [-0.05, 0) is 73.6 Å². The number of carbonyl (C=O) groups excluding carboxylic acids is 2. The number of hydrogen-bond donors (Lipinski definition) is 3. The van der Waals surface area contributed by atoms with Crippen LogP contribution in [0.2, 0.25) is 0 Å². The predicted molar refractivity (Wildman–Crippen MR) is 198 cm³/mol. The number of nitrogens with zero attached hydrogens (tertiary/aromatic N) is 3. The third-order valence-corrected chi connectivity index (χ3v) is 9.58. The minimum Gasteiger partial charge on any atom is -0.491 e. The molecular weight excluding hydrogens is 695 g/mol. The van der Waals surface area contributed by atoms with Gasteiger partial charge in [-0.1, -0.05) is 18.2 Å². The summed E-state index contributed by atoms with van der Waals surface area (Å²) < 4.78 is 43.1. The second kappa shape index (κ2) is 17.2. The summed E-state index contributed by atoms with van der Waals surface area (Å²) in [7, 11) is 4.91. The van der Waals surface area contributed by atoms with Gasteiger partial charge in [-0.2, -0.15) is 0 Å². The summed E-state index contributed by atoms with van der Waals surface area (Å²) in [4.78, 5) is 55.9. The van der Waals surface area contributed by atoms with Gasteiger partial charge >= 0.3 is 11.7 Å². The van der Waals surface area contributed by atoms with Crippen LogP contribution in [0.1, 0.15) is 24.5 Å². The Balaban J connectivity index is 1.74. The van der Waals surface area contributed by atoms with Crippen LogP contribution in [0, 0.1) is 11.6 Å². The number of thiophene rings is 1. The topological polar surface area (TPSA) is 136 Å². The lowest BCUT2D eigenvalue weighted by atomic mass is 10.1. The zero-order chi connectivity index (χ0) is 37.4. The molecule has 52 heavy (non-hydrogen) atoms. The molecule has 0 fully saturated rings. The summed E-state index contributed by atoms with van der Waals surface area (Å²) in [6, 6.07) is 16.4. The Morgan fingerprint density at radius 2 is 1.63 bits per heavy atom. The number of fused-ring (bicyclic) bond motifs is 1. The van der Waals surface area contributed by atoms with E-state index in [0.29, 0.717) is 53.7 Å². The number of nitrogens with one attached hydrogen (secondary N) is 3. The molecular formula is C37H40F2N6O6S. The van der Waals surface area contributed by atoms with Crippen LogP contribution in [0.25, 0.3) is 26.3 Å². The molecule has 5 rings (SSSR count). The summed E-state index contributed by atoms with van der Waals surface area (Å²) in [5.41, 5.74) is 0.252. The number of anilines is 1. The number of benzene rings is 3. The molecule has 12 nitrogen and oxygen atoms in total. The molecule has 0 radical (unpaired) electrons. The van der Waals surface area contributed by atoms with Crippen molar-refractivity contribution >= 4 is 39.2 Å². The summed E-state index contributed by atoms with van der Waals surface area (Å²) in [6.07, 6.45) is 0.199. The highest BCUT2D eigenvalue weighted by molar-refractivity contribution is 7.22. The number of aromatic nitrogens is 2. The van der Waals surface area contributed by atoms with Gasteiger partial charge in [-0.25, -0.2) is 22.9 Å². The van der Waals surface area contributed by atoms with E-state index in [0.717, 1.165) is 28.0 Å². The van der Waals surface area contributed by atoms with Crippen LogP contribution < -0.4 is 31.9 Å². The van der Waals surface area contributed by atoms with E-state index in [-0.39, 0.29) is 46.4 Å². The van der Waals surface area contributed by atoms with Crippen molar-refractivity contribution in [1.29, 1.82) is 0 Å². The SMILES string of the molecule is CCNC(=O)Nc1ccc(-c2sc3c(c2CN(C)CCC(=O)NC)c(=O)n(-c2ccc(OCCOC)cc2)c(=O)n3Cc2c(F)cccc2F)cc1. The van der Waals surface area contributed by atoms with Gasteiger partial charge in [0.2, 0.25) is 5.91 Å². The minimum atomic E-state index is -0.837. The Kier molecular flexibility index (Phi) is 12.5. The number of carbonyl (C=O) groups is 2. The molecule has 5 aromatic rings. The van der Waals surface area contributed by atoms with Crippen molar-refractivity contribution < 1.29 is 27.8 Å². The summed E-state index contributed by atoms with van der Waals surface area (Å²) in [5.74, 6) is -1.34. The average Bonchev–Trinajstić information content (AvgIpc) is 3.50. The van der Waals surface area contributed by atoms with E-state index < -0.39 is 29.4 Å². The number of urea groups is 1. The summed E-state index contributed by atoms with van der Waals surface area (Å²) in [6.45, 7) is 2.96. The molecule has 0 aliphatic heterocycles. The molecule has 0 aliphatic rings. The van der Waals surface area contributed by atoms with E-state index in [4.69, 9.17) is 9.47 Å². The van der Waals surface area contributed by atoms with Gasteiger partial charge in [-0.3, -0.25) is 14.2 Å². The van der Waals surface area contributed by atoms with Gasteiger partial charge in [0.25, 0.3) is 5.56 Å². The first-order valence-electron chi connectivity index (χ1n) is 16.6. The van der Waals surface area contributed by atoms with E-state index in [1.54, 1.807) is 76.7 Å². The highest BCUT2D eigenvalue weighted by Gasteiger charge is 2.26. The molecule has 0 saturated heterocycles. The van der Waals surface area contributed by atoms with Crippen LogP contribution >= 0.6 is 11.3 Å². The average molecular weight is 735 g/mol. The van der Waals surface area contributed by atoms with E-state index in [1.165, 1.54) is 10.6 Å². The first-order chi connectivity index (χ1) is 25.1. The van der Waals surface area contributed by atoms with Crippen molar-refractivity contribution in [2.45, 2.75) is 26.4 Å². The van der Waals surface area contributed by atoms with Gasteiger partial charge in [-0.15, -0.1) is 11.3 Å². The number of amides is 3. The maximum absolute atomic E-state index is 15.1. The van der Waals surface area contributed by atoms with Crippen LogP contribution in [0.5, 0.6) is 5.75 Å². The van der Waals surface area contributed by atoms with Crippen molar-refractivity contribution in [2.75, 3.05) is 52.8 Å². The molecule has 2 aromatic heterocycles. The maximum Gasteiger partial charge on any atom is 0.337 e. The number of rotatable bonds is 15. The molecule has 3 amide bonds. The summed E-state index contributed by atoms with van der Waals surface area (Å²) >= 11 is 1.15. The predicted octanol–water partition coefficient (Wildman–Crippen LogP) is 4.94. The van der Waals surface area contributed by atoms with Crippen molar-refractivity contribution in [3.8, 4) is 21.9 Å². The van der Waals surface area contributed by atoms with Gasteiger partial charge in [0.1, 0.15) is 28.8 Å². The Labute approximate surface area is 302 Å². The molecule has 0 bridgehead atoms. The van der Waals surface area contributed by atoms with E-state index in [2.05, 4.69) is 16.0 Å².